The number of benzene rings is 1. The SMILES string of the molecule is Nc1ccc(Br)c(Oc2ccc3nc(CC(=O)C4CC4)cn3n2)c1. The van der Waals surface area contributed by atoms with Gasteiger partial charge in [-0.25, -0.2) is 9.50 Å². The molecular weight excluding hydrogens is 372 g/mol. The summed E-state index contributed by atoms with van der Waals surface area (Å²) in [5.74, 6) is 1.51. The average Bonchev–Trinajstić information content (AvgIpc) is 3.32. The number of rotatable bonds is 5. The van der Waals surface area contributed by atoms with Crippen molar-refractivity contribution in [3.63, 3.8) is 0 Å². The van der Waals surface area contributed by atoms with Crippen molar-refractivity contribution in [3.05, 3.63) is 46.7 Å². The van der Waals surface area contributed by atoms with E-state index in [0.717, 1.165) is 23.0 Å². The number of nitrogens with two attached hydrogens (primary N) is 1. The molecule has 4 rings (SSSR count). The first-order chi connectivity index (χ1) is 11.6. The van der Waals surface area contributed by atoms with Crippen molar-refractivity contribution in [2.75, 3.05) is 5.73 Å². The number of hydrogen-bond donors (Lipinski definition) is 1. The maximum atomic E-state index is 11.9. The van der Waals surface area contributed by atoms with Crippen LogP contribution >= 0.6 is 15.9 Å². The highest BCUT2D eigenvalue weighted by Gasteiger charge is 2.29. The molecule has 1 fully saturated rings. The predicted molar refractivity (Wildman–Crippen MR) is 93.1 cm³/mol. The molecule has 2 aromatic heterocycles. The second-order valence-electron chi connectivity index (χ2n) is 5.92. The summed E-state index contributed by atoms with van der Waals surface area (Å²) < 4.78 is 8.20. The lowest BCUT2D eigenvalue weighted by Gasteiger charge is -2.07. The van der Waals surface area contributed by atoms with E-state index in [9.17, 15) is 4.79 Å². The quantitative estimate of drug-likeness (QED) is 0.679. The Bertz CT molecular complexity index is 933. The highest BCUT2D eigenvalue weighted by atomic mass is 79.9. The van der Waals surface area contributed by atoms with E-state index in [2.05, 4.69) is 26.0 Å². The number of ether oxygens (including phenoxy) is 1. The summed E-state index contributed by atoms with van der Waals surface area (Å²) in [7, 11) is 0. The number of aromatic nitrogens is 3. The van der Waals surface area contributed by atoms with Crippen molar-refractivity contribution < 1.29 is 9.53 Å². The number of nitrogens with zero attached hydrogens (tertiary/aromatic N) is 3. The number of halogens is 1. The van der Waals surface area contributed by atoms with E-state index in [1.807, 2.05) is 12.1 Å². The average molecular weight is 387 g/mol. The molecule has 0 spiro atoms. The van der Waals surface area contributed by atoms with E-state index < -0.39 is 0 Å². The Labute approximate surface area is 146 Å². The number of nitrogen functional groups attached to an aromatic ring is 1. The Hall–Kier alpha value is -2.41. The van der Waals surface area contributed by atoms with Gasteiger partial charge >= 0.3 is 0 Å². The molecule has 6 nitrogen and oxygen atoms in total. The molecule has 1 aliphatic carbocycles. The molecule has 1 aliphatic rings. The third-order valence-electron chi connectivity index (χ3n) is 3.90. The standard InChI is InChI=1S/C17H15BrN4O2/c18-13-4-3-11(19)7-15(13)24-17-6-5-16-20-12(9-22(16)21-17)8-14(23)10-1-2-10/h3-7,9-10H,1-2,8,19H2. The van der Waals surface area contributed by atoms with Gasteiger partial charge in [0.25, 0.3) is 0 Å². The van der Waals surface area contributed by atoms with Crippen LogP contribution in [0.5, 0.6) is 11.6 Å². The van der Waals surface area contributed by atoms with Crippen LogP contribution < -0.4 is 10.5 Å². The summed E-state index contributed by atoms with van der Waals surface area (Å²) in [6.45, 7) is 0. The summed E-state index contributed by atoms with van der Waals surface area (Å²) in [6, 6.07) is 8.89. The maximum Gasteiger partial charge on any atom is 0.237 e. The van der Waals surface area contributed by atoms with Crippen LogP contribution in [-0.2, 0) is 11.2 Å². The van der Waals surface area contributed by atoms with E-state index in [-0.39, 0.29) is 11.7 Å². The van der Waals surface area contributed by atoms with Gasteiger partial charge in [-0.1, -0.05) is 0 Å². The van der Waals surface area contributed by atoms with Gasteiger partial charge in [-0.05, 0) is 47.0 Å². The van der Waals surface area contributed by atoms with Crippen LogP contribution in [0, 0.1) is 5.92 Å². The molecule has 3 aromatic rings. The second kappa shape index (κ2) is 5.90. The Balaban J connectivity index is 1.58. The summed E-state index contributed by atoms with van der Waals surface area (Å²) in [6.07, 6.45) is 4.16. The minimum Gasteiger partial charge on any atom is -0.436 e. The van der Waals surface area contributed by atoms with E-state index in [0.29, 0.717) is 29.4 Å². The van der Waals surface area contributed by atoms with Gasteiger partial charge in [0.2, 0.25) is 5.88 Å². The van der Waals surface area contributed by atoms with Crippen molar-refractivity contribution >= 4 is 33.0 Å². The first kappa shape index (κ1) is 15.1. The van der Waals surface area contributed by atoms with Gasteiger partial charge in [-0.2, -0.15) is 0 Å². The normalized spacial score (nSPS) is 14.0. The van der Waals surface area contributed by atoms with Crippen LogP contribution in [0.15, 0.2) is 41.0 Å². The van der Waals surface area contributed by atoms with Crippen LogP contribution in [-0.4, -0.2) is 20.4 Å². The molecule has 2 heterocycles. The number of anilines is 1. The van der Waals surface area contributed by atoms with Crippen LogP contribution in [0.2, 0.25) is 0 Å². The number of Topliss-reactive ketones (excluding diaryl/α,β-unsaturated/α-hetero) is 1. The maximum absolute atomic E-state index is 11.9. The van der Waals surface area contributed by atoms with Gasteiger partial charge in [0.05, 0.1) is 22.8 Å². The second-order valence-corrected chi connectivity index (χ2v) is 6.77. The summed E-state index contributed by atoms with van der Waals surface area (Å²) in [5.41, 5.74) is 7.82. The van der Waals surface area contributed by atoms with Crippen molar-refractivity contribution in [1.82, 2.24) is 14.6 Å². The molecule has 0 aliphatic heterocycles. The number of carbonyl (C=O) groups is 1. The first-order valence-corrected chi connectivity index (χ1v) is 8.49. The highest BCUT2D eigenvalue weighted by Crippen LogP contribution is 2.32. The number of hydrogen-bond acceptors (Lipinski definition) is 5. The zero-order chi connectivity index (χ0) is 16.7. The summed E-state index contributed by atoms with van der Waals surface area (Å²) >= 11 is 3.42. The Morgan fingerprint density at radius 2 is 2.17 bits per heavy atom. The van der Waals surface area contributed by atoms with Crippen molar-refractivity contribution in [3.8, 4) is 11.6 Å². The molecule has 0 saturated heterocycles. The van der Waals surface area contributed by atoms with Crippen molar-refractivity contribution in [2.45, 2.75) is 19.3 Å². The largest absolute Gasteiger partial charge is 0.436 e. The lowest BCUT2D eigenvalue weighted by Crippen LogP contribution is -2.04. The number of carbonyl (C=O) groups excluding carboxylic acids is 1. The molecular formula is C17H15BrN4O2. The molecule has 0 amide bonds. The molecule has 0 unspecified atom stereocenters. The number of fused-ring (bicyclic) bond motifs is 1. The number of ketones is 1. The predicted octanol–water partition coefficient (Wildman–Crippen LogP) is 3.39. The Kier molecular flexibility index (Phi) is 3.72. The lowest BCUT2D eigenvalue weighted by molar-refractivity contribution is -0.119. The van der Waals surface area contributed by atoms with Gasteiger partial charge in [-0.15, -0.1) is 5.10 Å². The van der Waals surface area contributed by atoms with Gasteiger partial charge in [0.15, 0.2) is 5.65 Å². The molecule has 7 heteroatoms. The monoisotopic (exact) mass is 386 g/mol. The molecule has 0 bridgehead atoms. The molecule has 0 atom stereocenters. The fourth-order valence-corrected chi connectivity index (χ4v) is 2.82. The minimum absolute atomic E-state index is 0.238. The van der Waals surface area contributed by atoms with Crippen molar-refractivity contribution in [1.29, 1.82) is 0 Å². The van der Waals surface area contributed by atoms with Gasteiger partial charge in [0.1, 0.15) is 11.5 Å². The summed E-state index contributed by atoms with van der Waals surface area (Å²) in [4.78, 5) is 16.4. The smallest absolute Gasteiger partial charge is 0.237 e. The zero-order valence-electron chi connectivity index (χ0n) is 12.8. The first-order valence-electron chi connectivity index (χ1n) is 7.69. The Morgan fingerprint density at radius 3 is 2.96 bits per heavy atom. The van der Waals surface area contributed by atoms with Crippen molar-refractivity contribution in [2.24, 2.45) is 5.92 Å². The zero-order valence-corrected chi connectivity index (χ0v) is 14.4. The van der Waals surface area contributed by atoms with Crippen LogP contribution in [0.3, 0.4) is 0 Å². The highest BCUT2D eigenvalue weighted by molar-refractivity contribution is 9.10. The fraction of sp³-hybridized carbons (Fsp3) is 0.235. The molecule has 24 heavy (non-hydrogen) atoms. The van der Waals surface area contributed by atoms with Crippen LogP contribution in [0.1, 0.15) is 18.5 Å². The van der Waals surface area contributed by atoms with E-state index >= 15 is 0 Å². The molecule has 2 N–H and O–H groups in total. The molecule has 1 aromatic carbocycles. The lowest BCUT2D eigenvalue weighted by atomic mass is 10.1. The third kappa shape index (κ3) is 3.12. The van der Waals surface area contributed by atoms with E-state index in [4.69, 9.17) is 10.5 Å². The van der Waals surface area contributed by atoms with Crippen LogP contribution in [0.4, 0.5) is 5.69 Å². The fourth-order valence-electron chi connectivity index (χ4n) is 2.49. The summed E-state index contributed by atoms with van der Waals surface area (Å²) in [5, 5.41) is 4.39. The van der Waals surface area contributed by atoms with E-state index in [1.54, 1.807) is 28.9 Å². The third-order valence-corrected chi connectivity index (χ3v) is 4.56. The molecule has 0 radical (unpaired) electrons. The van der Waals surface area contributed by atoms with Gasteiger partial charge < -0.3 is 10.5 Å². The number of imidazole rings is 1. The topological polar surface area (TPSA) is 82.5 Å². The molecule has 122 valence electrons. The van der Waals surface area contributed by atoms with Gasteiger partial charge in [0, 0.05) is 23.7 Å². The Morgan fingerprint density at radius 1 is 1.33 bits per heavy atom. The molecule has 1 saturated carbocycles. The van der Waals surface area contributed by atoms with Gasteiger partial charge in [-0.3, -0.25) is 4.79 Å². The van der Waals surface area contributed by atoms with E-state index in [1.165, 1.54) is 0 Å². The minimum atomic E-state index is 0.238. The van der Waals surface area contributed by atoms with Crippen LogP contribution in [0.25, 0.3) is 5.65 Å².